The van der Waals surface area contributed by atoms with Gasteiger partial charge in [-0.15, -0.1) is 6.58 Å². The van der Waals surface area contributed by atoms with Crippen LogP contribution in [0.15, 0.2) is 24.3 Å². The number of allylic oxidation sites excluding steroid dienone is 1. The lowest BCUT2D eigenvalue weighted by molar-refractivity contribution is -0.104. The first-order valence-electron chi connectivity index (χ1n) is 4.92. The zero-order valence-corrected chi connectivity index (χ0v) is 9.90. The molecule has 3 atom stereocenters. The maximum Gasteiger partial charge on any atom is 0.145 e. The smallest absolute Gasteiger partial charge is 0.145 e. The first kappa shape index (κ1) is 14.1. The van der Waals surface area contributed by atoms with Crippen LogP contribution in [0.25, 0.3) is 0 Å². The molecule has 0 aliphatic carbocycles. The van der Waals surface area contributed by atoms with E-state index in [0.717, 1.165) is 6.29 Å². The van der Waals surface area contributed by atoms with Crippen LogP contribution in [-0.2, 0) is 14.3 Å². The van der Waals surface area contributed by atoms with Crippen LogP contribution in [0.3, 0.4) is 0 Å². The van der Waals surface area contributed by atoms with Crippen molar-refractivity contribution in [1.82, 2.24) is 0 Å². The highest BCUT2D eigenvalue weighted by Crippen LogP contribution is 2.16. The van der Waals surface area contributed by atoms with E-state index in [4.69, 9.17) is 9.47 Å². The van der Waals surface area contributed by atoms with E-state index < -0.39 is 0 Å². The molecule has 0 N–H and O–H groups in total. The van der Waals surface area contributed by atoms with Gasteiger partial charge in [-0.05, 0) is 12.5 Å². The Kier molecular flexibility index (Phi) is 6.92. The Morgan fingerprint density at radius 2 is 1.93 bits per heavy atom. The predicted molar refractivity (Wildman–Crippen MR) is 60.8 cm³/mol. The van der Waals surface area contributed by atoms with Crippen LogP contribution in [0.5, 0.6) is 0 Å². The summed E-state index contributed by atoms with van der Waals surface area (Å²) in [7, 11) is 3.24. The van der Waals surface area contributed by atoms with Crippen molar-refractivity contribution in [1.29, 1.82) is 0 Å². The zero-order valence-electron chi connectivity index (χ0n) is 9.90. The van der Waals surface area contributed by atoms with Gasteiger partial charge in [0.1, 0.15) is 12.4 Å². The molecule has 0 heterocycles. The highest BCUT2D eigenvalue weighted by molar-refractivity contribution is 5.72. The molecule has 0 fully saturated rings. The molecule has 0 aromatic rings. The average molecular weight is 212 g/mol. The monoisotopic (exact) mass is 212 g/mol. The van der Waals surface area contributed by atoms with Crippen molar-refractivity contribution < 1.29 is 14.3 Å². The van der Waals surface area contributed by atoms with Crippen LogP contribution in [-0.4, -0.2) is 32.7 Å². The number of methoxy groups -OCH3 is 2. The van der Waals surface area contributed by atoms with Crippen LogP contribution in [0.1, 0.15) is 13.8 Å². The van der Waals surface area contributed by atoms with Crippen molar-refractivity contribution in [2.75, 3.05) is 14.2 Å². The molecule has 0 saturated heterocycles. The molecule has 3 heteroatoms. The Balaban J connectivity index is 4.65. The van der Waals surface area contributed by atoms with E-state index in [1.54, 1.807) is 27.2 Å². The van der Waals surface area contributed by atoms with Gasteiger partial charge < -0.3 is 9.47 Å². The molecular weight excluding hydrogens is 192 g/mol. The second-order valence-corrected chi connectivity index (χ2v) is 3.52. The van der Waals surface area contributed by atoms with Crippen LogP contribution >= 0.6 is 0 Å². The third kappa shape index (κ3) is 4.40. The fourth-order valence-electron chi connectivity index (χ4n) is 1.56. The second kappa shape index (κ2) is 7.37. The van der Waals surface area contributed by atoms with Crippen molar-refractivity contribution in [3.63, 3.8) is 0 Å². The lowest BCUT2D eigenvalue weighted by atomic mass is 9.97. The van der Waals surface area contributed by atoms with Crippen LogP contribution in [0, 0.1) is 5.92 Å². The third-order valence-electron chi connectivity index (χ3n) is 2.33. The Hall–Kier alpha value is -0.930. The average Bonchev–Trinajstić information content (AvgIpc) is 2.24. The number of hydrogen-bond donors (Lipinski definition) is 0. The number of hydrogen-bond acceptors (Lipinski definition) is 3. The Morgan fingerprint density at radius 3 is 2.27 bits per heavy atom. The molecule has 0 aliphatic rings. The summed E-state index contributed by atoms with van der Waals surface area (Å²) in [4.78, 5) is 10.5. The van der Waals surface area contributed by atoms with Crippen molar-refractivity contribution in [2.45, 2.75) is 26.1 Å². The number of rotatable bonds is 7. The third-order valence-corrected chi connectivity index (χ3v) is 2.33. The SMILES string of the molecule is C=CC(OC)[C@@H](OC)[C@H](C)/C=C(/C)C=O. The topological polar surface area (TPSA) is 35.5 Å². The standard InChI is InChI=1S/C12H20O3/c1-6-11(14-4)12(15-5)10(3)7-9(2)8-13/h6-8,10-12H,1H2,2-5H3/b9-7-/t10-,11?,12+/m1/s1. The summed E-state index contributed by atoms with van der Waals surface area (Å²) in [6.07, 6.45) is 4.12. The molecule has 0 spiro atoms. The van der Waals surface area contributed by atoms with Crippen LogP contribution in [0.4, 0.5) is 0 Å². The van der Waals surface area contributed by atoms with E-state index >= 15 is 0 Å². The molecule has 3 nitrogen and oxygen atoms in total. The quantitative estimate of drug-likeness (QED) is 0.368. The lowest BCUT2D eigenvalue weighted by Crippen LogP contribution is -2.33. The van der Waals surface area contributed by atoms with E-state index in [2.05, 4.69) is 6.58 Å². The zero-order chi connectivity index (χ0) is 11.8. The first-order valence-corrected chi connectivity index (χ1v) is 4.92. The van der Waals surface area contributed by atoms with E-state index in [1.165, 1.54) is 0 Å². The van der Waals surface area contributed by atoms with Gasteiger partial charge in [0.2, 0.25) is 0 Å². The molecule has 15 heavy (non-hydrogen) atoms. The molecule has 0 saturated carbocycles. The van der Waals surface area contributed by atoms with E-state index in [1.807, 2.05) is 13.0 Å². The van der Waals surface area contributed by atoms with E-state index in [-0.39, 0.29) is 18.1 Å². The lowest BCUT2D eigenvalue weighted by Gasteiger charge is -2.26. The van der Waals surface area contributed by atoms with Gasteiger partial charge in [-0.3, -0.25) is 4.79 Å². The Labute approximate surface area is 91.8 Å². The van der Waals surface area contributed by atoms with Gasteiger partial charge >= 0.3 is 0 Å². The van der Waals surface area contributed by atoms with Gasteiger partial charge in [0.25, 0.3) is 0 Å². The molecule has 0 amide bonds. The summed E-state index contributed by atoms with van der Waals surface area (Å²) < 4.78 is 10.6. The number of ether oxygens (including phenoxy) is 2. The molecular formula is C12H20O3. The van der Waals surface area contributed by atoms with Gasteiger partial charge in [0.15, 0.2) is 0 Å². The number of aldehydes is 1. The normalized spacial score (nSPS) is 18.0. The minimum atomic E-state index is -0.166. The first-order chi connectivity index (χ1) is 7.10. The largest absolute Gasteiger partial charge is 0.378 e. The molecule has 0 radical (unpaired) electrons. The number of carbonyl (C=O) groups is 1. The van der Waals surface area contributed by atoms with Crippen LogP contribution < -0.4 is 0 Å². The van der Waals surface area contributed by atoms with Gasteiger partial charge in [-0.25, -0.2) is 0 Å². The maximum atomic E-state index is 10.5. The summed E-state index contributed by atoms with van der Waals surface area (Å²) in [5, 5.41) is 0. The maximum absolute atomic E-state index is 10.5. The second-order valence-electron chi connectivity index (χ2n) is 3.52. The molecule has 86 valence electrons. The van der Waals surface area contributed by atoms with Gasteiger partial charge in [0, 0.05) is 20.1 Å². The Morgan fingerprint density at radius 1 is 1.33 bits per heavy atom. The fraction of sp³-hybridized carbons (Fsp3) is 0.583. The molecule has 0 aromatic heterocycles. The summed E-state index contributed by atoms with van der Waals surface area (Å²) in [5.41, 5.74) is 0.698. The molecule has 0 aromatic carbocycles. The summed E-state index contributed by atoms with van der Waals surface area (Å²) in [6.45, 7) is 7.44. The summed E-state index contributed by atoms with van der Waals surface area (Å²) in [5.74, 6) is 0.100. The molecule has 0 aliphatic heterocycles. The highest BCUT2D eigenvalue weighted by Gasteiger charge is 2.23. The molecule has 0 bridgehead atoms. The van der Waals surface area contributed by atoms with Gasteiger partial charge in [0.05, 0.1) is 6.10 Å². The van der Waals surface area contributed by atoms with E-state index in [9.17, 15) is 4.79 Å². The van der Waals surface area contributed by atoms with E-state index in [0.29, 0.717) is 5.57 Å². The van der Waals surface area contributed by atoms with Crippen molar-refractivity contribution in [2.24, 2.45) is 5.92 Å². The highest BCUT2D eigenvalue weighted by atomic mass is 16.5. The minimum Gasteiger partial charge on any atom is -0.378 e. The van der Waals surface area contributed by atoms with Crippen molar-refractivity contribution in [3.05, 3.63) is 24.3 Å². The fourth-order valence-corrected chi connectivity index (χ4v) is 1.56. The van der Waals surface area contributed by atoms with Crippen LogP contribution in [0.2, 0.25) is 0 Å². The predicted octanol–water partition coefficient (Wildman–Crippen LogP) is 1.98. The number of carbonyl (C=O) groups excluding carboxylic acids is 1. The summed E-state index contributed by atoms with van der Waals surface area (Å²) in [6, 6.07) is 0. The van der Waals surface area contributed by atoms with Gasteiger partial charge in [-0.1, -0.05) is 19.1 Å². The molecule has 1 unspecified atom stereocenters. The Bertz CT molecular complexity index is 233. The van der Waals surface area contributed by atoms with Crippen molar-refractivity contribution >= 4 is 6.29 Å². The summed E-state index contributed by atoms with van der Waals surface area (Å²) >= 11 is 0. The minimum absolute atomic E-state index is 0.100. The van der Waals surface area contributed by atoms with Crippen molar-refractivity contribution in [3.8, 4) is 0 Å². The van der Waals surface area contributed by atoms with Gasteiger partial charge in [-0.2, -0.15) is 0 Å². The molecule has 0 rings (SSSR count).